The summed E-state index contributed by atoms with van der Waals surface area (Å²) in [5.41, 5.74) is 0. The SMILES string of the molecule is CCCCCCC(/C=C\C(C)CC)C(=O)OCC(C)C. The van der Waals surface area contributed by atoms with Crippen molar-refractivity contribution in [3.8, 4) is 0 Å². The number of esters is 1. The first kappa shape index (κ1) is 19.2. The zero-order chi connectivity index (χ0) is 15.4. The summed E-state index contributed by atoms with van der Waals surface area (Å²) < 4.78 is 5.40. The number of carbonyl (C=O) groups is 1. The molecule has 2 unspecified atom stereocenters. The smallest absolute Gasteiger partial charge is 0.312 e. The molecular formula is C18H34O2. The number of unbranched alkanes of at least 4 members (excludes halogenated alkanes) is 3. The second kappa shape index (κ2) is 12.0. The van der Waals surface area contributed by atoms with Crippen LogP contribution < -0.4 is 0 Å². The summed E-state index contributed by atoms with van der Waals surface area (Å²) in [5, 5.41) is 0. The molecule has 2 heteroatoms. The Bertz CT molecular complexity index is 269. The third-order valence-corrected chi connectivity index (χ3v) is 3.55. The van der Waals surface area contributed by atoms with E-state index in [4.69, 9.17) is 4.74 Å². The second-order valence-corrected chi connectivity index (χ2v) is 6.25. The molecular weight excluding hydrogens is 248 g/mol. The lowest BCUT2D eigenvalue weighted by atomic mass is 9.98. The molecule has 0 radical (unpaired) electrons. The van der Waals surface area contributed by atoms with Gasteiger partial charge >= 0.3 is 5.97 Å². The Hall–Kier alpha value is -0.790. The van der Waals surface area contributed by atoms with Gasteiger partial charge in [0.1, 0.15) is 0 Å². The van der Waals surface area contributed by atoms with Crippen molar-refractivity contribution in [1.29, 1.82) is 0 Å². The van der Waals surface area contributed by atoms with Crippen LogP contribution in [0.3, 0.4) is 0 Å². The third kappa shape index (κ3) is 10.1. The minimum Gasteiger partial charge on any atom is -0.465 e. The molecule has 0 N–H and O–H groups in total. The Balaban J connectivity index is 4.36. The van der Waals surface area contributed by atoms with Crippen LogP contribution in [0.1, 0.15) is 73.1 Å². The quantitative estimate of drug-likeness (QED) is 0.289. The maximum absolute atomic E-state index is 12.1. The number of allylic oxidation sites excluding steroid dienone is 1. The van der Waals surface area contributed by atoms with Gasteiger partial charge in [-0.05, 0) is 18.3 Å². The van der Waals surface area contributed by atoms with E-state index in [0.717, 1.165) is 19.3 Å². The number of rotatable bonds is 11. The van der Waals surface area contributed by atoms with Gasteiger partial charge in [0.25, 0.3) is 0 Å². The molecule has 0 rings (SSSR count). The summed E-state index contributed by atoms with van der Waals surface area (Å²) in [7, 11) is 0. The Morgan fingerprint density at radius 3 is 2.30 bits per heavy atom. The minimum atomic E-state index is -0.0559. The summed E-state index contributed by atoms with van der Waals surface area (Å²) >= 11 is 0. The molecule has 0 heterocycles. The molecule has 0 aromatic rings. The van der Waals surface area contributed by atoms with Crippen LogP contribution in [0.5, 0.6) is 0 Å². The average Bonchev–Trinajstić information content (AvgIpc) is 2.43. The van der Waals surface area contributed by atoms with Crippen LogP contribution in [-0.2, 0) is 9.53 Å². The van der Waals surface area contributed by atoms with Gasteiger partial charge in [-0.25, -0.2) is 0 Å². The molecule has 0 aliphatic carbocycles. The molecule has 0 fully saturated rings. The van der Waals surface area contributed by atoms with Crippen molar-refractivity contribution in [1.82, 2.24) is 0 Å². The van der Waals surface area contributed by atoms with Gasteiger partial charge in [0, 0.05) is 0 Å². The van der Waals surface area contributed by atoms with Crippen molar-refractivity contribution in [2.45, 2.75) is 73.1 Å². The average molecular weight is 282 g/mol. The minimum absolute atomic E-state index is 0.0465. The first-order valence-electron chi connectivity index (χ1n) is 8.36. The van der Waals surface area contributed by atoms with Crippen LogP contribution in [0.4, 0.5) is 0 Å². The van der Waals surface area contributed by atoms with E-state index < -0.39 is 0 Å². The van der Waals surface area contributed by atoms with Gasteiger partial charge in [0.2, 0.25) is 0 Å². The highest BCUT2D eigenvalue weighted by atomic mass is 16.5. The first-order valence-corrected chi connectivity index (χ1v) is 8.36. The normalized spacial score (nSPS) is 14.7. The Morgan fingerprint density at radius 1 is 1.05 bits per heavy atom. The fourth-order valence-corrected chi connectivity index (χ4v) is 1.90. The van der Waals surface area contributed by atoms with Crippen molar-refractivity contribution in [3.63, 3.8) is 0 Å². The van der Waals surface area contributed by atoms with Crippen LogP contribution in [0.15, 0.2) is 12.2 Å². The number of hydrogen-bond donors (Lipinski definition) is 0. The van der Waals surface area contributed by atoms with Crippen molar-refractivity contribution >= 4 is 5.97 Å². The van der Waals surface area contributed by atoms with Gasteiger partial charge in [-0.1, -0.05) is 78.9 Å². The molecule has 118 valence electrons. The lowest BCUT2D eigenvalue weighted by Crippen LogP contribution is -2.18. The number of carbonyl (C=O) groups excluding carboxylic acids is 1. The lowest BCUT2D eigenvalue weighted by molar-refractivity contribution is -0.148. The van der Waals surface area contributed by atoms with Crippen molar-refractivity contribution in [3.05, 3.63) is 12.2 Å². The molecule has 0 aliphatic heterocycles. The molecule has 0 saturated heterocycles. The highest BCUT2D eigenvalue weighted by Gasteiger charge is 2.17. The summed E-state index contributed by atoms with van der Waals surface area (Å²) in [6, 6.07) is 0. The predicted octanol–water partition coefficient (Wildman–Crippen LogP) is 5.37. The Morgan fingerprint density at radius 2 is 1.75 bits per heavy atom. The highest BCUT2D eigenvalue weighted by Crippen LogP contribution is 2.16. The van der Waals surface area contributed by atoms with Crippen molar-refractivity contribution < 1.29 is 9.53 Å². The highest BCUT2D eigenvalue weighted by molar-refractivity contribution is 5.74. The van der Waals surface area contributed by atoms with Gasteiger partial charge in [-0.2, -0.15) is 0 Å². The standard InChI is InChI=1S/C18H34O2/c1-6-8-9-10-11-17(13-12-16(5)7-2)18(19)20-14-15(3)4/h12-13,15-17H,6-11,14H2,1-5H3/b13-12-. The van der Waals surface area contributed by atoms with Gasteiger partial charge in [0.15, 0.2) is 0 Å². The Labute approximate surface area is 126 Å². The van der Waals surface area contributed by atoms with Crippen LogP contribution in [0, 0.1) is 17.8 Å². The number of ether oxygens (including phenoxy) is 1. The van der Waals surface area contributed by atoms with Crippen LogP contribution >= 0.6 is 0 Å². The van der Waals surface area contributed by atoms with E-state index in [1.165, 1.54) is 19.3 Å². The molecule has 0 aliphatic rings. The summed E-state index contributed by atoms with van der Waals surface area (Å²) in [5.74, 6) is 0.832. The van der Waals surface area contributed by atoms with E-state index in [1.807, 2.05) is 0 Å². The topological polar surface area (TPSA) is 26.3 Å². The van der Waals surface area contributed by atoms with E-state index in [1.54, 1.807) is 0 Å². The van der Waals surface area contributed by atoms with E-state index in [2.05, 4.69) is 46.8 Å². The molecule has 0 spiro atoms. The zero-order valence-corrected chi connectivity index (χ0v) is 14.2. The fourth-order valence-electron chi connectivity index (χ4n) is 1.90. The molecule has 0 aromatic heterocycles. The number of hydrogen-bond acceptors (Lipinski definition) is 2. The largest absolute Gasteiger partial charge is 0.465 e. The molecule has 0 bridgehead atoms. The maximum atomic E-state index is 12.1. The lowest BCUT2D eigenvalue weighted by Gasteiger charge is -2.14. The van der Waals surface area contributed by atoms with Crippen molar-refractivity contribution in [2.75, 3.05) is 6.61 Å². The summed E-state index contributed by atoms with van der Waals surface area (Å²) in [6.45, 7) is 11.2. The third-order valence-electron chi connectivity index (χ3n) is 3.55. The Kier molecular flexibility index (Phi) is 11.5. The van der Waals surface area contributed by atoms with Crippen LogP contribution in [0.2, 0.25) is 0 Å². The van der Waals surface area contributed by atoms with Gasteiger partial charge in [-0.3, -0.25) is 4.79 Å². The molecule has 2 atom stereocenters. The van der Waals surface area contributed by atoms with E-state index >= 15 is 0 Å². The van der Waals surface area contributed by atoms with E-state index in [9.17, 15) is 4.79 Å². The van der Waals surface area contributed by atoms with Gasteiger partial charge in [0.05, 0.1) is 12.5 Å². The molecule has 0 saturated carbocycles. The fraction of sp³-hybridized carbons (Fsp3) is 0.833. The molecule has 0 amide bonds. The van der Waals surface area contributed by atoms with E-state index in [-0.39, 0.29) is 11.9 Å². The molecule has 20 heavy (non-hydrogen) atoms. The first-order chi connectivity index (χ1) is 9.51. The monoisotopic (exact) mass is 282 g/mol. The molecule has 0 aromatic carbocycles. The van der Waals surface area contributed by atoms with Crippen LogP contribution in [-0.4, -0.2) is 12.6 Å². The summed E-state index contributed by atoms with van der Waals surface area (Å²) in [4.78, 5) is 12.1. The zero-order valence-electron chi connectivity index (χ0n) is 14.2. The second-order valence-electron chi connectivity index (χ2n) is 6.25. The van der Waals surface area contributed by atoms with Crippen molar-refractivity contribution in [2.24, 2.45) is 17.8 Å². The van der Waals surface area contributed by atoms with Gasteiger partial charge in [-0.15, -0.1) is 0 Å². The van der Waals surface area contributed by atoms with Gasteiger partial charge < -0.3 is 4.74 Å². The predicted molar refractivity (Wildman–Crippen MR) is 86.6 cm³/mol. The summed E-state index contributed by atoms with van der Waals surface area (Å²) in [6.07, 6.45) is 11.1. The van der Waals surface area contributed by atoms with Crippen LogP contribution in [0.25, 0.3) is 0 Å². The van der Waals surface area contributed by atoms with E-state index in [0.29, 0.717) is 18.4 Å². The molecule has 2 nitrogen and oxygen atoms in total. The maximum Gasteiger partial charge on any atom is 0.312 e.